The van der Waals surface area contributed by atoms with E-state index in [1.807, 2.05) is 23.1 Å². The Bertz CT molecular complexity index is 1140. The Morgan fingerprint density at radius 1 is 0.921 bits per heavy atom. The van der Waals surface area contributed by atoms with E-state index in [9.17, 15) is 19.2 Å². The van der Waals surface area contributed by atoms with Gasteiger partial charge in [-0.05, 0) is 80.4 Å². The Kier molecular flexibility index (Phi) is 10.8. The number of fused-ring (bicyclic) bond motifs is 1. The molecule has 0 bridgehead atoms. The number of hydrogen-bond donors (Lipinski definition) is 2. The first kappa shape index (κ1) is 28.8. The monoisotopic (exact) mass is 520 g/mol. The van der Waals surface area contributed by atoms with E-state index in [-0.39, 0.29) is 11.7 Å². The number of Topliss-reactive ketones (excluding diaryl/α,β-unsaturated/α-hetero) is 1. The van der Waals surface area contributed by atoms with Crippen LogP contribution >= 0.6 is 0 Å². The van der Waals surface area contributed by atoms with E-state index in [1.54, 1.807) is 6.92 Å². The van der Waals surface area contributed by atoms with Gasteiger partial charge in [0.05, 0.1) is 0 Å². The van der Waals surface area contributed by atoms with Crippen LogP contribution in [0.4, 0.5) is 5.69 Å². The van der Waals surface area contributed by atoms with Crippen molar-refractivity contribution < 1.29 is 29.4 Å². The predicted octanol–water partition coefficient (Wildman–Crippen LogP) is 4.57. The number of aryl methyl sites for hydroxylation is 1. The van der Waals surface area contributed by atoms with Crippen LogP contribution in [-0.4, -0.2) is 58.4 Å². The molecule has 0 radical (unpaired) electrons. The van der Waals surface area contributed by atoms with Crippen LogP contribution in [0.3, 0.4) is 0 Å². The molecule has 8 nitrogen and oxygen atoms in total. The Hall–Kier alpha value is -3.78. The number of carboxylic acid groups (broad SMARTS) is 2. The molecule has 2 aromatic rings. The highest BCUT2D eigenvalue weighted by Gasteiger charge is 2.23. The zero-order valence-corrected chi connectivity index (χ0v) is 21.8. The van der Waals surface area contributed by atoms with Gasteiger partial charge in [0.15, 0.2) is 5.78 Å². The summed E-state index contributed by atoms with van der Waals surface area (Å²) < 4.78 is 0. The van der Waals surface area contributed by atoms with Gasteiger partial charge in [-0.2, -0.15) is 0 Å². The van der Waals surface area contributed by atoms with Gasteiger partial charge in [0, 0.05) is 49.8 Å². The van der Waals surface area contributed by atoms with Crippen molar-refractivity contribution in [2.75, 3.05) is 24.5 Å². The first-order chi connectivity index (χ1) is 18.2. The van der Waals surface area contributed by atoms with E-state index >= 15 is 0 Å². The average molecular weight is 521 g/mol. The van der Waals surface area contributed by atoms with Gasteiger partial charge in [-0.1, -0.05) is 30.3 Å². The summed E-state index contributed by atoms with van der Waals surface area (Å²) in [5.41, 5.74) is 4.30. The molecule has 1 fully saturated rings. The van der Waals surface area contributed by atoms with Crippen molar-refractivity contribution in [1.29, 1.82) is 0 Å². The third kappa shape index (κ3) is 8.95. The summed E-state index contributed by atoms with van der Waals surface area (Å²) in [6, 6.07) is 16.6. The molecular weight excluding hydrogens is 484 g/mol. The van der Waals surface area contributed by atoms with Crippen molar-refractivity contribution in [2.24, 2.45) is 5.92 Å². The summed E-state index contributed by atoms with van der Waals surface area (Å²) >= 11 is 0. The third-order valence-corrected chi connectivity index (χ3v) is 7.00. The fourth-order valence-electron chi connectivity index (χ4n) is 4.99. The number of amides is 1. The number of piperidine rings is 1. The fraction of sp³-hybridized carbons (Fsp3) is 0.400. The van der Waals surface area contributed by atoms with Crippen LogP contribution in [0.1, 0.15) is 60.5 Å². The molecule has 8 heteroatoms. The minimum absolute atomic E-state index is 0.0774. The molecule has 2 aromatic carbocycles. The molecule has 2 N–H and O–H groups in total. The first-order valence-electron chi connectivity index (χ1n) is 13.1. The first-order valence-corrected chi connectivity index (χ1v) is 13.1. The molecule has 2 heterocycles. The number of carbonyl (C=O) groups excluding carboxylic acids is 2. The molecule has 2 aliphatic rings. The van der Waals surface area contributed by atoms with E-state index in [2.05, 4.69) is 35.2 Å². The number of carbonyl (C=O) groups is 4. The van der Waals surface area contributed by atoms with Crippen LogP contribution in [0.2, 0.25) is 0 Å². The Balaban J connectivity index is 0.000000436. The molecule has 0 atom stereocenters. The smallest absolute Gasteiger partial charge is 0.328 e. The number of nitrogens with zero attached hydrogens (tertiary/aromatic N) is 2. The maximum absolute atomic E-state index is 12.8. The summed E-state index contributed by atoms with van der Waals surface area (Å²) in [5, 5.41) is 15.6. The van der Waals surface area contributed by atoms with Gasteiger partial charge in [0.25, 0.3) is 0 Å². The SMILES string of the molecule is CC(=O)N1CCCc2cc(C(=O)CCC3CCN(Cc4ccccc4)CC3)ccc21.O=C(O)/C=C/C(=O)O. The van der Waals surface area contributed by atoms with E-state index in [1.165, 1.54) is 18.4 Å². The molecule has 4 rings (SSSR count). The minimum Gasteiger partial charge on any atom is -0.478 e. The zero-order chi connectivity index (χ0) is 27.5. The summed E-state index contributed by atoms with van der Waals surface area (Å²) in [6.07, 6.45) is 6.99. The highest BCUT2D eigenvalue weighted by atomic mass is 16.4. The van der Waals surface area contributed by atoms with E-state index in [0.29, 0.717) is 24.5 Å². The van der Waals surface area contributed by atoms with E-state index in [0.717, 1.165) is 62.3 Å². The molecule has 202 valence electrons. The number of anilines is 1. The van der Waals surface area contributed by atoms with Crippen LogP contribution in [0.25, 0.3) is 0 Å². The van der Waals surface area contributed by atoms with E-state index in [4.69, 9.17) is 10.2 Å². The van der Waals surface area contributed by atoms with Gasteiger partial charge >= 0.3 is 11.9 Å². The van der Waals surface area contributed by atoms with Gasteiger partial charge in [-0.25, -0.2) is 9.59 Å². The second kappa shape index (κ2) is 14.2. The van der Waals surface area contributed by atoms with Crippen molar-refractivity contribution in [1.82, 2.24) is 4.90 Å². The molecule has 38 heavy (non-hydrogen) atoms. The predicted molar refractivity (Wildman–Crippen MR) is 145 cm³/mol. The molecule has 0 saturated carbocycles. The normalized spacial score (nSPS) is 15.9. The second-order valence-electron chi connectivity index (χ2n) is 9.79. The average Bonchev–Trinajstić information content (AvgIpc) is 2.91. The van der Waals surface area contributed by atoms with Crippen LogP contribution in [0.5, 0.6) is 0 Å². The van der Waals surface area contributed by atoms with Gasteiger partial charge in [0.2, 0.25) is 5.91 Å². The number of hydrogen-bond acceptors (Lipinski definition) is 5. The molecule has 0 unspecified atom stereocenters. The highest BCUT2D eigenvalue weighted by molar-refractivity contribution is 5.98. The fourth-order valence-corrected chi connectivity index (χ4v) is 4.99. The standard InChI is InChI=1S/C26H32N2O2.C4H4O4/c1-20(29)28-15-5-8-23-18-24(10-11-25(23)28)26(30)12-9-21-13-16-27(17-14-21)19-22-6-3-2-4-7-22;5-3(6)1-2-4(7)8/h2-4,6-7,10-11,18,21H,5,8-9,12-17,19H2,1H3;1-2H,(H,5,6)(H,7,8)/b;2-1+. The minimum atomic E-state index is -1.26. The lowest BCUT2D eigenvalue weighted by molar-refractivity contribution is -0.134. The van der Waals surface area contributed by atoms with Crippen LogP contribution in [0, 0.1) is 5.92 Å². The van der Waals surface area contributed by atoms with Gasteiger partial charge in [-0.3, -0.25) is 14.5 Å². The van der Waals surface area contributed by atoms with Gasteiger partial charge in [0.1, 0.15) is 0 Å². The molecule has 0 aromatic heterocycles. The number of benzene rings is 2. The van der Waals surface area contributed by atoms with Crippen molar-refractivity contribution in [3.05, 3.63) is 77.4 Å². The van der Waals surface area contributed by atoms with Gasteiger partial charge < -0.3 is 15.1 Å². The third-order valence-electron chi connectivity index (χ3n) is 7.00. The largest absolute Gasteiger partial charge is 0.478 e. The maximum Gasteiger partial charge on any atom is 0.328 e. The summed E-state index contributed by atoms with van der Waals surface area (Å²) in [7, 11) is 0. The quantitative estimate of drug-likeness (QED) is 0.387. The van der Waals surface area contributed by atoms with Crippen LogP contribution < -0.4 is 4.90 Å². The number of carboxylic acids is 2. The van der Waals surface area contributed by atoms with Crippen molar-refractivity contribution >= 4 is 29.3 Å². The van der Waals surface area contributed by atoms with Crippen molar-refractivity contribution in [2.45, 2.75) is 52.0 Å². The Labute approximate surface area is 223 Å². The molecule has 0 spiro atoms. The van der Waals surface area contributed by atoms with E-state index < -0.39 is 11.9 Å². The number of ketones is 1. The van der Waals surface area contributed by atoms with Crippen LogP contribution in [0.15, 0.2) is 60.7 Å². The Morgan fingerprint density at radius 2 is 1.58 bits per heavy atom. The summed E-state index contributed by atoms with van der Waals surface area (Å²) in [6.45, 7) is 5.65. The number of rotatable bonds is 8. The maximum atomic E-state index is 12.8. The summed E-state index contributed by atoms with van der Waals surface area (Å²) in [4.78, 5) is 48.1. The highest BCUT2D eigenvalue weighted by Crippen LogP contribution is 2.29. The van der Waals surface area contributed by atoms with Crippen molar-refractivity contribution in [3.8, 4) is 0 Å². The molecule has 1 amide bonds. The molecule has 0 aliphatic carbocycles. The lowest BCUT2D eigenvalue weighted by atomic mass is 9.89. The lowest BCUT2D eigenvalue weighted by Crippen LogP contribution is -2.33. The molecule has 1 saturated heterocycles. The second-order valence-corrected chi connectivity index (χ2v) is 9.79. The number of likely N-dealkylation sites (tertiary alicyclic amines) is 1. The van der Waals surface area contributed by atoms with Crippen LogP contribution in [-0.2, 0) is 27.3 Å². The molecule has 2 aliphatic heterocycles. The van der Waals surface area contributed by atoms with Crippen molar-refractivity contribution in [3.63, 3.8) is 0 Å². The summed E-state index contributed by atoms with van der Waals surface area (Å²) in [5.74, 6) is -1.55. The lowest BCUT2D eigenvalue weighted by Gasteiger charge is -2.32. The molecular formula is C30H36N2O6. The number of aliphatic carboxylic acids is 2. The Morgan fingerprint density at radius 3 is 2.18 bits per heavy atom. The van der Waals surface area contributed by atoms with Gasteiger partial charge in [-0.15, -0.1) is 0 Å². The zero-order valence-electron chi connectivity index (χ0n) is 21.8. The topological polar surface area (TPSA) is 115 Å².